The lowest BCUT2D eigenvalue weighted by Crippen LogP contribution is -2.41. The molecule has 0 amide bonds. The van der Waals surface area contributed by atoms with E-state index in [0.717, 1.165) is 6.42 Å². The first-order valence-electron chi connectivity index (χ1n) is 4.90. The molecule has 2 atom stereocenters. The molecule has 1 aliphatic carbocycles. The molecule has 0 aromatic carbocycles. The maximum atomic E-state index is 11.6. The summed E-state index contributed by atoms with van der Waals surface area (Å²) in [6.45, 7) is 1.70. The molecule has 0 aromatic heterocycles. The first-order chi connectivity index (χ1) is 7.06. The van der Waals surface area contributed by atoms with E-state index in [1.807, 2.05) is 6.08 Å². The fraction of sp³-hybridized carbons (Fsp3) is 0.636. The maximum Gasteiger partial charge on any atom is 0.316 e. The summed E-state index contributed by atoms with van der Waals surface area (Å²) in [6.07, 6.45) is 5.04. The van der Waals surface area contributed by atoms with E-state index in [1.165, 1.54) is 14.2 Å². The number of carbonyl (C=O) groups is 2. The van der Waals surface area contributed by atoms with Crippen LogP contribution in [0.3, 0.4) is 0 Å². The summed E-state index contributed by atoms with van der Waals surface area (Å²) in [6, 6.07) is 0. The zero-order valence-electron chi connectivity index (χ0n) is 9.28. The van der Waals surface area contributed by atoms with Crippen molar-refractivity contribution >= 4 is 11.9 Å². The van der Waals surface area contributed by atoms with Gasteiger partial charge in [0.2, 0.25) is 0 Å². The molecular formula is C11H16O4. The van der Waals surface area contributed by atoms with Gasteiger partial charge in [-0.15, -0.1) is 0 Å². The quantitative estimate of drug-likeness (QED) is 0.511. The molecule has 0 aromatic rings. The van der Waals surface area contributed by atoms with Gasteiger partial charge in [0.25, 0.3) is 0 Å². The Morgan fingerprint density at radius 2 is 2.00 bits per heavy atom. The zero-order valence-corrected chi connectivity index (χ0v) is 9.28. The molecule has 0 saturated carbocycles. The SMILES string of the molecule is COC(=O)C1CCC=CC1(C)C(=O)OC. The van der Waals surface area contributed by atoms with Crippen LogP contribution in [0.2, 0.25) is 0 Å². The molecule has 0 heterocycles. The van der Waals surface area contributed by atoms with Gasteiger partial charge in [-0.2, -0.15) is 0 Å². The topological polar surface area (TPSA) is 52.6 Å². The molecule has 0 fully saturated rings. The number of allylic oxidation sites excluding steroid dienone is 1. The molecule has 0 spiro atoms. The Morgan fingerprint density at radius 1 is 1.33 bits per heavy atom. The Bertz CT molecular complexity index is 295. The normalized spacial score (nSPS) is 29.7. The highest BCUT2D eigenvalue weighted by Crippen LogP contribution is 2.38. The molecular weight excluding hydrogens is 196 g/mol. The van der Waals surface area contributed by atoms with Gasteiger partial charge in [-0.1, -0.05) is 12.2 Å². The van der Waals surface area contributed by atoms with Crippen molar-refractivity contribution < 1.29 is 19.1 Å². The third-order valence-electron chi connectivity index (χ3n) is 2.92. The largest absolute Gasteiger partial charge is 0.469 e. The molecule has 0 saturated heterocycles. The van der Waals surface area contributed by atoms with Crippen LogP contribution in [-0.4, -0.2) is 26.2 Å². The number of esters is 2. The van der Waals surface area contributed by atoms with Gasteiger partial charge < -0.3 is 9.47 Å². The van der Waals surface area contributed by atoms with Gasteiger partial charge in [0.15, 0.2) is 0 Å². The van der Waals surface area contributed by atoms with Crippen molar-refractivity contribution in [3.8, 4) is 0 Å². The lowest BCUT2D eigenvalue weighted by atomic mass is 9.71. The lowest BCUT2D eigenvalue weighted by Gasteiger charge is -2.33. The van der Waals surface area contributed by atoms with Crippen molar-refractivity contribution in [3.63, 3.8) is 0 Å². The van der Waals surface area contributed by atoms with Crippen LogP contribution in [0.25, 0.3) is 0 Å². The first-order valence-corrected chi connectivity index (χ1v) is 4.90. The molecule has 84 valence electrons. The number of hydrogen-bond acceptors (Lipinski definition) is 4. The van der Waals surface area contributed by atoms with Crippen molar-refractivity contribution in [2.75, 3.05) is 14.2 Å². The summed E-state index contributed by atoms with van der Waals surface area (Å²) >= 11 is 0. The summed E-state index contributed by atoms with van der Waals surface area (Å²) in [4.78, 5) is 23.2. The van der Waals surface area contributed by atoms with Crippen molar-refractivity contribution in [3.05, 3.63) is 12.2 Å². The Balaban J connectivity index is 3.00. The molecule has 0 N–H and O–H groups in total. The van der Waals surface area contributed by atoms with E-state index >= 15 is 0 Å². The molecule has 0 radical (unpaired) electrons. The molecule has 4 heteroatoms. The highest BCUT2D eigenvalue weighted by Gasteiger charge is 2.45. The molecule has 0 bridgehead atoms. The van der Waals surface area contributed by atoms with E-state index in [2.05, 4.69) is 0 Å². The minimum atomic E-state index is -0.889. The highest BCUT2D eigenvalue weighted by atomic mass is 16.5. The van der Waals surface area contributed by atoms with E-state index < -0.39 is 17.3 Å². The number of carbonyl (C=O) groups excluding carboxylic acids is 2. The monoisotopic (exact) mass is 212 g/mol. The van der Waals surface area contributed by atoms with E-state index in [4.69, 9.17) is 9.47 Å². The van der Waals surface area contributed by atoms with Gasteiger partial charge >= 0.3 is 11.9 Å². The third kappa shape index (κ3) is 2.03. The zero-order chi connectivity index (χ0) is 11.5. The molecule has 4 nitrogen and oxygen atoms in total. The minimum Gasteiger partial charge on any atom is -0.469 e. The van der Waals surface area contributed by atoms with Crippen LogP contribution in [-0.2, 0) is 19.1 Å². The summed E-state index contributed by atoms with van der Waals surface area (Å²) in [5, 5.41) is 0. The Labute approximate surface area is 89.2 Å². The number of rotatable bonds is 2. The van der Waals surface area contributed by atoms with Crippen LogP contribution >= 0.6 is 0 Å². The predicted molar refractivity (Wildman–Crippen MR) is 54.0 cm³/mol. The van der Waals surface area contributed by atoms with Gasteiger partial charge in [0, 0.05) is 0 Å². The van der Waals surface area contributed by atoms with Crippen LogP contribution in [0, 0.1) is 11.3 Å². The fourth-order valence-electron chi connectivity index (χ4n) is 1.94. The molecule has 1 rings (SSSR count). The smallest absolute Gasteiger partial charge is 0.316 e. The highest BCUT2D eigenvalue weighted by molar-refractivity contribution is 5.87. The lowest BCUT2D eigenvalue weighted by molar-refractivity contribution is -0.162. The number of ether oxygens (including phenoxy) is 2. The van der Waals surface area contributed by atoms with E-state index in [9.17, 15) is 9.59 Å². The Kier molecular flexibility index (Phi) is 3.50. The van der Waals surface area contributed by atoms with Gasteiger partial charge in [-0.25, -0.2) is 0 Å². The summed E-state index contributed by atoms with van der Waals surface area (Å²) in [5.74, 6) is -1.19. The second kappa shape index (κ2) is 4.47. The van der Waals surface area contributed by atoms with Gasteiger partial charge in [-0.3, -0.25) is 9.59 Å². The second-order valence-electron chi connectivity index (χ2n) is 3.83. The Hall–Kier alpha value is -1.32. The van der Waals surface area contributed by atoms with Crippen molar-refractivity contribution in [1.82, 2.24) is 0 Å². The van der Waals surface area contributed by atoms with Crippen molar-refractivity contribution in [1.29, 1.82) is 0 Å². The average molecular weight is 212 g/mol. The number of hydrogen-bond donors (Lipinski definition) is 0. The molecule has 2 unspecified atom stereocenters. The van der Waals surface area contributed by atoms with Crippen LogP contribution in [0.15, 0.2) is 12.2 Å². The summed E-state index contributed by atoms with van der Waals surface area (Å²) < 4.78 is 9.42. The average Bonchev–Trinajstić information content (AvgIpc) is 2.27. The van der Waals surface area contributed by atoms with Gasteiger partial charge in [0.05, 0.1) is 25.6 Å². The van der Waals surface area contributed by atoms with Crippen molar-refractivity contribution in [2.45, 2.75) is 19.8 Å². The summed E-state index contributed by atoms with van der Waals surface area (Å²) in [5.41, 5.74) is -0.889. The number of methoxy groups -OCH3 is 2. The van der Waals surface area contributed by atoms with Crippen LogP contribution in [0.4, 0.5) is 0 Å². The second-order valence-corrected chi connectivity index (χ2v) is 3.83. The van der Waals surface area contributed by atoms with E-state index in [-0.39, 0.29) is 5.97 Å². The third-order valence-corrected chi connectivity index (χ3v) is 2.92. The first kappa shape index (κ1) is 11.8. The van der Waals surface area contributed by atoms with Gasteiger partial charge in [-0.05, 0) is 19.8 Å². The van der Waals surface area contributed by atoms with E-state index in [1.54, 1.807) is 13.0 Å². The minimum absolute atomic E-state index is 0.354. The standard InChI is InChI=1S/C11H16O4/c1-11(10(13)15-3)7-5-4-6-8(11)9(12)14-2/h5,7-8H,4,6H2,1-3H3. The molecule has 0 aliphatic heterocycles. The predicted octanol–water partition coefficient (Wildman–Crippen LogP) is 1.30. The van der Waals surface area contributed by atoms with Crippen LogP contribution in [0.5, 0.6) is 0 Å². The summed E-state index contributed by atoms with van der Waals surface area (Å²) in [7, 11) is 2.66. The van der Waals surface area contributed by atoms with Crippen LogP contribution < -0.4 is 0 Å². The van der Waals surface area contributed by atoms with E-state index in [0.29, 0.717) is 6.42 Å². The van der Waals surface area contributed by atoms with Crippen LogP contribution in [0.1, 0.15) is 19.8 Å². The fourth-order valence-corrected chi connectivity index (χ4v) is 1.94. The Morgan fingerprint density at radius 3 is 2.53 bits per heavy atom. The van der Waals surface area contributed by atoms with Gasteiger partial charge in [0.1, 0.15) is 0 Å². The molecule has 1 aliphatic rings. The van der Waals surface area contributed by atoms with Crippen molar-refractivity contribution in [2.24, 2.45) is 11.3 Å². The molecule has 15 heavy (non-hydrogen) atoms. The maximum absolute atomic E-state index is 11.6.